The monoisotopic (exact) mass is 168 g/mol. The molecule has 0 radical (unpaired) electrons. The van der Waals surface area contributed by atoms with E-state index >= 15 is 0 Å². The maximum atomic E-state index is 4.00. The Bertz CT molecular complexity index is 262. The Morgan fingerprint density at radius 3 is 3.00 bits per heavy atom. The second-order valence-corrected chi connectivity index (χ2v) is 3.29. The molecule has 52 valence electrons. The fourth-order valence-corrected chi connectivity index (χ4v) is 1.38. The lowest BCUT2D eigenvalue weighted by atomic mass is 10.3. The Kier molecular flexibility index (Phi) is 2.85. The number of hydrogen-bond acceptors (Lipinski definition) is 2. The first kappa shape index (κ1) is 7.71. The molecule has 0 atom stereocenters. The zero-order valence-electron chi connectivity index (χ0n) is 5.72. The highest BCUT2D eigenvalue weighted by Gasteiger charge is 1.91. The van der Waals surface area contributed by atoms with E-state index in [2.05, 4.69) is 36.8 Å². The molecule has 0 bridgehead atoms. The molecule has 1 aromatic rings. The standard InChI is InChI=1S/C8H8S2/c1-7-8(3-2-5-9)4-6-10-7/h4,6,9H,5H2,1H3. The lowest BCUT2D eigenvalue weighted by Crippen LogP contribution is -1.70. The highest BCUT2D eigenvalue weighted by atomic mass is 32.1. The summed E-state index contributed by atoms with van der Waals surface area (Å²) >= 11 is 5.72. The van der Waals surface area contributed by atoms with E-state index in [1.807, 2.05) is 6.07 Å². The van der Waals surface area contributed by atoms with Gasteiger partial charge in [0, 0.05) is 10.4 Å². The van der Waals surface area contributed by atoms with Crippen LogP contribution in [-0.2, 0) is 0 Å². The van der Waals surface area contributed by atoms with E-state index in [0.717, 1.165) is 5.56 Å². The predicted molar refractivity (Wildman–Crippen MR) is 49.8 cm³/mol. The van der Waals surface area contributed by atoms with Crippen LogP contribution in [-0.4, -0.2) is 5.75 Å². The Balaban J connectivity index is 2.84. The van der Waals surface area contributed by atoms with Crippen LogP contribution in [0, 0.1) is 18.8 Å². The molecular weight excluding hydrogens is 160 g/mol. The first-order valence-corrected chi connectivity index (χ1v) is 4.49. The van der Waals surface area contributed by atoms with E-state index in [1.54, 1.807) is 11.3 Å². The van der Waals surface area contributed by atoms with E-state index < -0.39 is 0 Å². The van der Waals surface area contributed by atoms with Gasteiger partial charge in [-0.2, -0.15) is 12.6 Å². The molecule has 0 aliphatic rings. The SMILES string of the molecule is Cc1sccc1C#CCS. The fraction of sp³-hybridized carbons (Fsp3) is 0.250. The normalized spacial score (nSPS) is 8.60. The quantitative estimate of drug-likeness (QED) is 0.446. The van der Waals surface area contributed by atoms with Crippen molar-refractivity contribution in [3.63, 3.8) is 0 Å². The van der Waals surface area contributed by atoms with Gasteiger partial charge < -0.3 is 0 Å². The summed E-state index contributed by atoms with van der Waals surface area (Å²) in [6, 6.07) is 2.04. The summed E-state index contributed by atoms with van der Waals surface area (Å²) in [6.45, 7) is 2.08. The molecule has 0 unspecified atom stereocenters. The summed E-state index contributed by atoms with van der Waals surface area (Å²) in [6.07, 6.45) is 0. The van der Waals surface area contributed by atoms with Gasteiger partial charge in [0.1, 0.15) is 0 Å². The average molecular weight is 168 g/mol. The molecule has 2 heteroatoms. The second-order valence-electron chi connectivity index (χ2n) is 1.85. The van der Waals surface area contributed by atoms with Gasteiger partial charge in [0.05, 0.1) is 5.75 Å². The van der Waals surface area contributed by atoms with Gasteiger partial charge in [0.25, 0.3) is 0 Å². The van der Waals surface area contributed by atoms with Gasteiger partial charge in [-0.05, 0) is 18.4 Å². The Morgan fingerprint density at radius 2 is 2.50 bits per heavy atom. The van der Waals surface area contributed by atoms with Crippen molar-refractivity contribution in [2.45, 2.75) is 6.92 Å². The molecule has 0 saturated carbocycles. The second kappa shape index (κ2) is 3.70. The van der Waals surface area contributed by atoms with Gasteiger partial charge in [0.2, 0.25) is 0 Å². The number of thiol groups is 1. The minimum Gasteiger partial charge on any atom is -0.166 e. The van der Waals surface area contributed by atoms with Crippen LogP contribution < -0.4 is 0 Å². The van der Waals surface area contributed by atoms with Crippen molar-refractivity contribution in [2.24, 2.45) is 0 Å². The third kappa shape index (κ3) is 1.80. The highest BCUT2D eigenvalue weighted by molar-refractivity contribution is 7.80. The highest BCUT2D eigenvalue weighted by Crippen LogP contribution is 2.12. The largest absolute Gasteiger partial charge is 0.166 e. The molecule has 0 amide bonds. The lowest BCUT2D eigenvalue weighted by molar-refractivity contribution is 1.59. The van der Waals surface area contributed by atoms with Crippen LogP contribution in [0.1, 0.15) is 10.4 Å². The fourth-order valence-electron chi connectivity index (χ4n) is 0.649. The number of hydrogen-bond donors (Lipinski definition) is 1. The van der Waals surface area contributed by atoms with Crippen LogP contribution in [0.2, 0.25) is 0 Å². The van der Waals surface area contributed by atoms with Gasteiger partial charge in [-0.3, -0.25) is 0 Å². The zero-order valence-corrected chi connectivity index (χ0v) is 7.43. The molecule has 0 aliphatic heterocycles. The summed E-state index contributed by atoms with van der Waals surface area (Å²) in [5, 5.41) is 2.05. The predicted octanol–water partition coefficient (Wildman–Crippen LogP) is 2.34. The van der Waals surface area contributed by atoms with Crippen molar-refractivity contribution in [3.8, 4) is 11.8 Å². The van der Waals surface area contributed by atoms with Crippen LogP contribution in [0.4, 0.5) is 0 Å². The summed E-state index contributed by atoms with van der Waals surface area (Å²) in [7, 11) is 0. The summed E-state index contributed by atoms with van der Waals surface area (Å²) in [5.74, 6) is 6.57. The minimum absolute atomic E-state index is 0.634. The summed E-state index contributed by atoms with van der Waals surface area (Å²) in [5.41, 5.74) is 1.14. The van der Waals surface area contributed by atoms with Crippen LogP contribution in [0.5, 0.6) is 0 Å². The lowest BCUT2D eigenvalue weighted by Gasteiger charge is -1.81. The molecule has 0 N–H and O–H groups in total. The van der Waals surface area contributed by atoms with Gasteiger partial charge in [0.15, 0.2) is 0 Å². The third-order valence-corrected chi connectivity index (χ3v) is 2.16. The molecule has 1 aromatic heterocycles. The van der Waals surface area contributed by atoms with Crippen molar-refractivity contribution < 1.29 is 0 Å². The maximum Gasteiger partial charge on any atom is 0.0521 e. The molecule has 0 spiro atoms. The van der Waals surface area contributed by atoms with Crippen LogP contribution >= 0.6 is 24.0 Å². The van der Waals surface area contributed by atoms with Crippen molar-refractivity contribution in [1.29, 1.82) is 0 Å². The van der Waals surface area contributed by atoms with E-state index in [0.29, 0.717) is 5.75 Å². The third-order valence-electron chi connectivity index (χ3n) is 1.16. The molecule has 0 saturated heterocycles. The van der Waals surface area contributed by atoms with Crippen molar-refractivity contribution in [2.75, 3.05) is 5.75 Å². The van der Waals surface area contributed by atoms with E-state index in [9.17, 15) is 0 Å². The molecule has 0 nitrogen and oxygen atoms in total. The van der Waals surface area contributed by atoms with Gasteiger partial charge in [-0.25, -0.2) is 0 Å². The molecule has 0 aliphatic carbocycles. The van der Waals surface area contributed by atoms with Gasteiger partial charge in [-0.15, -0.1) is 11.3 Å². The maximum absolute atomic E-state index is 4.00. The van der Waals surface area contributed by atoms with Crippen LogP contribution in [0.25, 0.3) is 0 Å². The average Bonchev–Trinajstić information content (AvgIpc) is 2.31. The van der Waals surface area contributed by atoms with Gasteiger partial charge >= 0.3 is 0 Å². The van der Waals surface area contributed by atoms with E-state index in [4.69, 9.17) is 0 Å². The molecule has 0 aromatic carbocycles. The van der Waals surface area contributed by atoms with Crippen molar-refractivity contribution in [3.05, 3.63) is 21.9 Å². The summed E-state index contributed by atoms with van der Waals surface area (Å²) < 4.78 is 0. The Hall–Kier alpha value is -0.390. The van der Waals surface area contributed by atoms with Crippen LogP contribution in [0.15, 0.2) is 11.4 Å². The molecule has 1 rings (SSSR count). The molecule has 10 heavy (non-hydrogen) atoms. The first-order valence-electron chi connectivity index (χ1n) is 2.98. The number of rotatable bonds is 0. The van der Waals surface area contributed by atoms with E-state index in [1.165, 1.54) is 4.88 Å². The van der Waals surface area contributed by atoms with Gasteiger partial charge in [-0.1, -0.05) is 11.8 Å². The molecule has 0 fully saturated rings. The first-order chi connectivity index (χ1) is 4.84. The smallest absolute Gasteiger partial charge is 0.0521 e. The Morgan fingerprint density at radius 1 is 1.70 bits per heavy atom. The molecule has 1 heterocycles. The number of thiophene rings is 1. The van der Waals surface area contributed by atoms with Crippen molar-refractivity contribution >= 4 is 24.0 Å². The topological polar surface area (TPSA) is 0 Å². The van der Waals surface area contributed by atoms with Crippen LogP contribution in [0.3, 0.4) is 0 Å². The molecular formula is C8H8S2. The number of aryl methyl sites for hydroxylation is 1. The van der Waals surface area contributed by atoms with Crippen molar-refractivity contribution in [1.82, 2.24) is 0 Å². The van der Waals surface area contributed by atoms with E-state index in [-0.39, 0.29) is 0 Å². The Labute approximate surface area is 70.7 Å². The zero-order chi connectivity index (χ0) is 7.40. The minimum atomic E-state index is 0.634. The summed E-state index contributed by atoms with van der Waals surface area (Å²) in [4.78, 5) is 1.29.